The van der Waals surface area contributed by atoms with E-state index in [-0.39, 0.29) is 16.6 Å². The lowest BCUT2D eigenvalue weighted by Crippen LogP contribution is -2.20. The summed E-state index contributed by atoms with van der Waals surface area (Å²) in [7, 11) is 0. The highest BCUT2D eigenvalue weighted by Crippen LogP contribution is 2.30. The van der Waals surface area contributed by atoms with Gasteiger partial charge >= 0.3 is 0 Å². The SMILES string of the molecule is Nc1cc(F)c(C(O)C(O)CBr)cc1[N+](=O)[O-]. The molecule has 0 radical (unpaired) electrons. The number of halogens is 2. The number of anilines is 1. The molecule has 0 aliphatic heterocycles. The van der Waals surface area contributed by atoms with Crippen LogP contribution in [0.3, 0.4) is 0 Å². The second-order valence-corrected chi connectivity index (χ2v) is 4.00. The van der Waals surface area contributed by atoms with Crippen LogP contribution in [0.4, 0.5) is 15.8 Å². The molecule has 0 saturated carbocycles. The van der Waals surface area contributed by atoms with Gasteiger partial charge in [0.15, 0.2) is 0 Å². The fourth-order valence-corrected chi connectivity index (χ4v) is 1.62. The van der Waals surface area contributed by atoms with E-state index in [9.17, 15) is 24.7 Å². The summed E-state index contributed by atoms with van der Waals surface area (Å²) in [5.41, 5.74) is 4.05. The molecular formula is C9H10BrFN2O4. The van der Waals surface area contributed by atoms with E-state index < -0.39 is 28.6 Å². The van der Waals surface area contributed by atoms with Crippen LogP contribution in [0, 0.1) is 15.9 Å². The maximum absolute atomic E-state index is 13.5. The predicted octanol–water partition coefficient (Wildman–Crippen LogP) is 1.11. The highest BCUT2D eigenvalue weighted by Gasteiger charge is 2.25. The van der Waals surface area contributed by atoms with E-state index in [0.29, 0.717) is 0 Å². The zero-order valence-corrected chi connectivity index (χ0v) is 10.1. The second kappa shape index (κ2) is 5.39. The molecule has 1 rings (SSSR count). The van der Waals surface area contributed by atoms with Gasteiger partial charge in [0.1, 0.15) is 17.6 Å². The van der Waals surface area contributed by atoms with Crippen molar-refractivity contribution in [1.82, 2.24) is 0 Å². The largest absolute Gasteiger partial charge is 0.393 e. The molecule has 0 aliphatic carbocycles. The molecule has 8 heteroatoms. The fraction of sp³-hybridized carbons (Fsp3) is 0.333. The number of nitro groups is 1. The quantitative estimate of drug-likeness (QED) is 0.334. The maximum atomic E-state index is 13.5. The Morgan fingerprint density at radius 1 is 1.53 bits per heavy atom. The van der Waals surface area contributed by atoms with Gasteiger partial charge in [-0.25, -0.2) is 4.39 Å². The van der Waals surface area contributed by atoms with Crippen molar-refractivity contribution < 1.29 is 19.5 Å². The number of aliphatic hydroxyl groups is 2. The minimum atomic E-state index is -1.56. The number of nitro benzene ring substituents is 1. The van der Waals surface area contributed by atoms with Gasteiger partial charge in [-0.2, -0.15) is 0 Å². The van der Waals surface area contributed by atoms with Crippen LogP contribution in [0.5, 0.6) is 0 Å². The zero-order valence-electron chi connectivity index (χ0n) is 8.51. The predicted molar refractivity (Wildman–Crippen MR) is 62.2 cm³/mol. The van der Waals surface area contributed by atoms with Crippen molar-refractivity contribution in [2.75, 3.05) is 11.1 Å². The summed E-state index contributed by atoms with van der Waals surface area (Å²) in [5.74, 6) is -0.902. The molecular weight excluding hydrogens is 299 g/mol. The Kier molecular flexibility index (Phi) is 4.38. The first-order chi connectivity index (χ1) is 7.88. The molecule has 0 spiro atoms. The minimum absolute atomic E-state index is 0.00573. The summed E-state index contributed by atoms with van der Waals surface area (Å²) in [6, 6.07) is 1.57. The number of benzene rings is 1. The van der Waals surface area contributed by atoms with E-state index in [1.807, 2.05) is 0 Å². The number of alkyl halides is 1. The lowest BCUT2D eigenvalue weighted by molar-refractivity contribution is -0.384. The smallest absolute Gasteiger partial charge is 0.292 e. The van der Waals surface area contributed by atoms with Crippen LogP contribution in [0.2, 0.25) is 0 Å². The highest BCUT2D eigenvalue weighted by molar-refractivity contribution is 9.09. The van der Waals surface area contributed by atoms with Crippen molar-refractivity contribution in [3.8, 4) is 0 Å². The summed E-state index contributed by atoms with van der Waals surface area (Å²) in [6.07, 6.45) is -2.83. The van der Waals surface area contributed by atoms with E-state index in [1.54, 1.807) is 0 Å². The Morgan fingerprint density at radius 3 is 2.59 bits per heavy atom. The van der Waals surface area contributed by atoms with E-state index >= 15 is 0 Å². The van der Waals surface area contributed by atoms with Gasteiger partial charge in [-0.15, -0.1) is 0 Å². The molecule has 6 nitrogen and oxygen atoms in total. The Labute approximate surface area is 104 Å². The molecule has 4 N–H and O–H groups in total. The number of rotatable bonds is 4. The van der Waals surface area contributed by atoms with E-state index in [0.717, 1.165) is 12.1 Å². The first-order valence-corrected chi connectivity index (χ1v) is 5.66. The number of hydrogen-bond acceptors (Lipinski definition) is 5. The van der Waals surface area contributed by atoms with Crippen molar-refractivity contribution in [3.05, 3.63) is 33.6 Å². The van der Waals surface area contributed by atoms with Crippen LogP contribution >= 0.6 is 15.9 Å². The minimum Gasteiger partial charge on any atom is -0.393 e. The van der Waals surface area contributed by atoms with Crippen molar-refractivity contribution in [2.24, 2.45) is 0 Å². The Bertz CT molecular complexity index is 443. The first kappa shape index (κ1) is 13.8. The van der Waals surface area contributed by atoms with Gasteiger partial charge in [0.25, 0.3) is 5.69 Å². The standard InChI is InChI=1S/C9H10BrFN2O4/c10-3-8(14)9(15)4-1-7(13(16)17)6(12)2-5(4)11/h1-2,8-9,14-15H,3,12H2. The first-order valence-electron chi connectivity index (χ1n) is 4.54. The maximum Gasteiger partial charge on any atom is 0.292 e. The second-order valence-electron chi connectivity index (χ2n) is 3.36. The molecule has 0 fully saturated rings. The van der Waals surface area contributed by atoms with Crippen LogP contribution < -0.4 is 5.73 Å². The van der Waals surface area contributed by atoms with Crippen LogP contribution in [0.25, 0.3) is 0 Å². The van der Waals surface area contributed by atoms with Crippen molar-refractivity contribution in [1.29, 1.82) is 0 Å². The molecule has 2 unspecified atom stereocenters. The molecule has 0 heterocycles. The lowest BCUT2D eigenvalue weighted by atomic mass is 10.0. The molecule has 0 bridgehead atoms. The third-order valence-corrected chi connectivity index (χ3v) is 2.85. The molecule has 1 aromatic rings. The van der Waals surface area contributed by atoms with Crippen LogP contribution in [0.1, 0.15) is 11.7 Å². The number of hydrogen-bond donors (Lipinski definition) is 3. The van der Waals surface area contributed by atoms with Gasteiger partial charge in [-0.1, -0.05) is 15.9 Å². The van der Waals surface area contributed by atoms with Crippen LogP contribution in [-0.2, 0) is 0 Å². The van der Waals surface area contributed by atoms with Gasteiger partial charge in [0.05, 0.1) is 11.0 Å². The third kappa shape index (κ3) is 2.90. The van der Waals surface area contributed by atoms with Crippen LogP contribution in [-0.4, -0.2) is 26.6 Å². The highest BCUT2D eigenvalue weighted by atomic mass is 79.9. The van der Waals surface area contributed by atoms with Crippen molar-refractivity contribution >= 4 is 27.3 Å². The van der Waals surface area contributed by atoms with E-state index in [1.165, 1.54) is 0 Å². The van der Waals surface area contributed by atoms with Gasteiger partial charge in [0, 0.05) is 23.0 Å². The topological polar surface area (TPSA) is 110 Å². The number of nitrogens with two attached hydrogens (primary N) is 1. The normalized spacial score (nSPS) is 14.4. The Hall–Kier alpha value is -1.25. The van der Waals surface area contributed by atoms with E-state index in [4.69, 9.17) is 5.73 Å². The third-order valence-electron chi connectivity index (χ3n) is 2.18. The fourth-order valence-electron chi connectivity index (χ4n) is 1.27. The van der Waals surface area contributed by atoms with Gasteiger partial charge in [0.2, 0.25) is 0 Å². The van der Waals surface area contributed by atoms with Gasteiger partial charge in [-0.3, -0.25) is 10.1 Å². The van der Waals surface area contributed by atoms with Gasteiger partial charge < -0.3 is 15.9 Å². The number of aliphatic hydroxyl groups excluding tert-OH is 2. The van der Waals surface area contributed by atoms with Crippen LogP contribution in [0.15, 0.2) is 12.1 Å². The molecule has 0 aromatic heterocycles. The molecule has 1 aromatic carbocycles. The molecule has 17 heavy (non-hydrogen) atoms. The lowest BCUT2D eigenvalue weighted by Gasteiger charge is -2.16. The molecule has 0 aliphatic rings. The summed E-state index contributed by atoms with van der Waals surface area (Å²) >= 11 is 2.91. The monoisotopic (exact) mass is 308 g/mol. The number of nitrogens with zero attached hydrogens (tertiary/aromatic N) is 1. The summed E-state index contributed by atoms with van der Waals surface area (Å²) in [4.78, 5) is 9.81. The van der Waals surface area contributed by atoms with Gasteiger partial charge in [-0.05, 0) is 0 Å². The summed E-state index contributed by atoms with van der Waals surface area (Å²) in [5, 5.41) is 29.5. The average Bonchev–Trinajstić information content (AvgIpc) is 2.26. The summed E-state index contributed by atoms with van der Waals surface area (Å²) < 4.78 is 13.5. The molecule has 94 valence electrons. The summed E-state index contributed by atoms with van der Waals surface area (Å²) in [6.45, 7) is 0. The zero-order chi connectivity index (χ0) is 13.2. The number of nitrogen functional groups attached to an aromatic ring is 1. The molecule has 0 saturated heterocycles. The van der Waals surface area contributed by atoms with Crippen molar-refractivity contribution in [2.45, 2.75) is 12.2 Å². The Morgan fingerprint density at radius 2 is 2.12 bits per heavy atom. The Balaban J connectivity index is 3.24. The average molecular weight is 309 g/mol. The van der Waals surface area contributed by atoms with Crippen molar-refractivity contribution in [3.63, 3.8) is 0 Å². The van der Waals surface area contributed by atoms with E-state index in [2.05, 4.69) is 15.9 Å². The molecule has 2 atom stereocenters. The molecule has 0 amide bonds.